The molecule has 52 heavy (non-hydrogen) atoms. The molecule has 0 fully saturated rings. The van der Waals surface area contributed by atoms with E-state index >= 15 is 0 Å². The molecule has 0 radical (unpaired) electrons. The zero-order chi connectivity index (χ0) is 35.1. The Kier molecular flexibility index (Phi) is 8.05. The zero-order valence-electron chi connectivity index (χ0n) is 29.8. The van der Waals surface area contributed by atoms with Crippen LogP contribution in [0.2, 0.25) is 0 Å². The van der Waals surface area contributed by atoms with Crippen LogP contribution < -0.4 is 4.90 Å². The second-order valence-corrected chi connectivity index (χ2v) is 14.0. The number of hydrogen-bond acceptors (Lipinski definition) is 1. The Morgan fingerprint density at radius 3 is 1.73 bits per heavy atom. The molecule has 9 rings (SSSR count). The molecule has 0 heterocycles. The average Bonchev–Trinajstić information content (AvgIpc) is 3.66. The summed E-state index contributed by atoms with van der Waals surface area (Å²) in [6, 6.07) is 60.9. The smallest absolute Gasteiger partial charge is 0.0725 e. The molecule has 1 spiro atoms. The van der Waals surface area contributed by atoms with Gasteiger partial charge in [0.2, 0.25) is 0 Å². The third-order valence-electron chi connectivity index (χ3n) is 10.9. The minimum atomic E-state index is -0.354. The summed E-state index contributed by atoms with van der Waals surface area (Å²) in [4.78, 5) is 2.45. The highest BCUT2D eigenvalue weighted by Gasteiger charge is 2.51. The molecule has 0 atom stereocenters. The fourth-order valence-electron chi connectivity index (χ4n) is 8.70. The Balaban J connectivity index is 1.23. The van der Waals surface area contributed by atoms with Crippen LogP contribution in [0.4, 0.5) is 17.1 Å². The van der Waals surface area contributed by atoms with Crippen molar-refractivity contribution in [3.63, 3.8) is 0 Å². The van der Waals surface area contributed by atoms with E-state index in [9.17, 15) is 0 Å². The lowest BCUT2D eigenvalue weighted by molar-refractivity contribution is 0.794. The van der Waals surface area contributed by atoms with Gasteiger partial charge >= 0.3 is 0 Å². The maximum atomic E-state index is 2.45. The Hall–Kier alpha value is -6.18. The summed E-state index contributed by atoms with van der Waals surface area (Å²) < 4.78 is 0. The molecule has 0 N–H and O–H groups in total. The van der Waals surface area contributed by atoms with E-state index in [0.29, 0.717) is 0 Å². The average molecular weight is 668 g/mol. The highest BCUT2D eigenvalue weighted by Crippen LogP contribution is 2.63. The van der Waals surface area contributed by atoms with E-state index < -0.39 is 0 Å². The molecule has 7 aromatic carbocycles. The van der Waals surface area contributed by atoms with Gasteiger partial charge in [-0.25, -0.2) is 0 Å². The van der Waals surface area contributed by atoms with E-state index in [1.165, 1.54) is 72.4 Å². The summed E-state index contributed by atoms with van der Waals surface area (Å²) >= 11 is 0. The largest absolute Gasteiger partial charge is 0.310 e. The van der Waals surface area contributed by atoms with Gasteiger partial charge in [-0.1, -0.05) is 165 Å². The molecule has 0 bridgehead atoms. The van der Waals surface area contributed by atoms with Crippen LogP contribution in [0.1, 0.15) is 46.7 Å². The first-order valence-corrected chi connectivity index (χ1v) is 18.5. The van der Waals surface area contributed by atoms with Crippen molar-refractivity contribution in [1.82, 2.24) is 0 Å². The first-order valence-electron chi connectivity index (χ1n) is 18.5. The number of nitrogens with zero attached hydrogens (tertiary/aromatic N) is 1. The van der Waals surface area contributed by atoms with E-state index in [1.54, 1.807) is 0 Å². The molecule has 1 heteroatoms. The van der Waals surface area contributed by atoms with Crippen molar-refractivity contribution >= 4 is 17.1 Å². The number of benzene rings is 7. The van der Waals surface area contributed by atoms with Gasteiger partial charge in [-0.15, -0.1) is 0 Å². The quantitative estimate of drug-likeness (QED) is 0.146. The number of allylic oxidation sites excluding steroid dienone is 4. The monoisotopic (exact) mass is 667 g/mol. The van der Waals surface area contributed by atoms with Crippen molar-refractivity contribution in [3.05, 3.63) is 221 Å². The number of anilines is 3. The van der Waals surface area contributed by atoms with Gasteiger partial charge in [-0.2, -0.15) is 0 Å². The number of hydrogen-bond donors (Lipinski definition) is 0. The maximum absolute atomic E-state index is 2.45. The molecule has 0 saturated carbocycles. The Labute approximate surface area is 307 Å². The SMILES string of the molecule is CC/C=C\C=C/Cc1ccc(N(c2cccc(-c3ccccc3)c2)c2ccc3c(c2)-c2ccccc2C32c3ccccc3-c3ccccc32)c(C)c1. The van der Waals surface area contributed by atoms with Gasteiger partial charge in [0.1, 0.15) is 0 Å². The Morgan fingerprint density at radius 1 is 0.481 bits per heavy atom. The summed E-state index contributed by atoms with van der Waals surface area (Å²) in [5.41, 5.74) is 18.8. The highest BCUT2D eigenvalue weighted by molar-refractivity contribution is 5.96. The third-order valence-corrected chi connectivity index (χ3v) is 10.9. The minimum Gasteiger partial charge on any atom is -0.310 e. The van der Waals surface area contributed by atoms with Gasteiger partial charge in [-0.05, 0) is 117 Å². The number of aryl methyl sites for hydroxylation is 1. The summed E-state index contributed by atoms with van der Waals surface area (Å²) in [5.74, 6) is 0. The molecule has 0 saturated heterocycles. The van der Waals surface area contributed by atoms with Gasteiger partial charge < -0.3 is 4.90 Å². The lowest BCUT2D eigenvalue weighted by Crippen LogP contribution is -2.25. The molecular weight excluding hydrogens is 627 g/mol. The number of rotatable bonds is 8. The Bertz CT molecular complexity index is 2450. The topological polar surface area (TPSA) is 3.24 Å². The van der Waals surface area contributed by atoms with E-state index in [1.807, 2.05) is 0 Å². The lowest BCUT2D eigenvalue weighted by atomic mass is 9.70. The fraction of sp³-hybridized carbons (Fsp3) is 0.0980. The first-order chi connectivity index (χ1) is 25.7. The highest BCUT2D eigenvalue weighted by atomic mass is 15.1. The standard InChI is InChI=1S/C51H41N/c1-3-4-5-6-8-18-37-29-32-50(36(2)33-37)52(40-22-17-21-39(34-40)38-19-9-7-10-20-38)41-30-31-49-45(35-41)44-25-13-16-28-48(44)51(49)46-26-14-11-23-42(46)43-24-12-15-27-47(43)51/h4-17,19-35H,3,18H2,1-2H3/b5-4-,8-6-. The van der Waals surface area contributed by atoms with Crippen LogP contribution in [0.5, 0.6) is 0 Å². The van der Waals surface area contributed by atoms with Gasteiger partial charge in [-0.3, -0.25) is 0 Å². The van der Waals surface area contributed by atoms with E-state index in [-0.39, 0.29) is 5.41 Å². The van der Waals surface area contributed by atoms with E-state index in [4.69, 9.17) is 0 Å². The summed E-state index contributed by atoms with van der Waals surface area (Å²) in [5, 5.41) is 0. The summed E-state index contributed by atoms with van der Waals surface area (Å²) in [6.07, 6.45) is 10.7. The first kappa shape index (κ1) is 31.8. The molecule has 250 valence electrons. The van der Waals surface area contributed by atoms with Crippen LogP contribution in [0, 0.1) is 6.92 Å². The third kappa shape index (κ3) is 5.08. The molecule has 2 aliphatic rings. The minimum absolute atomic E-state index is 0.354. The zero-order valence-corrected chi connectivity index (χ0v) is 29.8. The predicted octanol–water partition coefficient (Wildman–Crippen LogP) is 13.5. The van der Waals surface area contributed by atoms with Crippen LogP contribution in [0.15, 0.2) is 188 Å². The van der Waals surface area contributed by atoms with Crippen LogP contribution in [0.3, 0.4) is 0 Å². The summed E-state index contributed by atoms with van der Waals surface area (Å²) in [7, 11) is 0. The van der Waals surface area contributed by atoms with Crippen molar-refractivity contribution in [2.45, 2.75) is 32.1 Å². The number of fused-ring (bicyclic) bond motifs is 10. The van der Waals surface area contributed by atoms with Gasteiger partial charge in [0.05, 0.1) is 5.41 Å². The van der Waals surface area contributed by atoms with E-state index in [2.05, 4.69) is 207 Å². The molecule has 7 aromatic rings. The predicted molar refractivity (Wildman–Crippen MR) is 220 cm³/mol. The summed E-state index contributed by atoms with van der Waals surface area (Å²) in [6.45, 7) is 4.41. The molecular formula is C51H41N. The van der Waals surface area contributed by atoms with Gasteiger partial charge in [0, 0.05) is 17.1 Å². The van der Waals surface area contributed by atoms with Crippen molar-refractivity contribution in [2.24, 2.45) is 0 Å². The van der Waals surface area contributed by atoms with Crippen molar-refractivity contribution in [1.29, 1.82) is 0 Å². The van der Waals surface area contributed by atoms with Crippen molar-refractivity contribution in [3.8, 4) is 33.4 Å². The van der Waals surface area contributed by atoms with Crippen molar-refractivity contribution in [2.75, 3.05) is 4.90 Å². The van der Waals surface area contributed by atoms with Crippen LogP contribution >= 0.6 is 0 Å². The van der Waals surface area contributed by atoms with Crippen molar-refractivity contribution < 1.29 is 0 Å². The second-order valence-electron chi connectivity index (χ2n) is 14.0. The molecule has 0 amide bonds. The van der Waals surface area contributed by atoms with Gasteiger partial charge in [0.15, 0.2) is 0 Å². The molecule has 1 nitrogen and oxygen atoms in total. The van der Waals surface area contributed by atoms with Crippen LogP contribution in [-0.4, -0.2) is 0 Å². The Morgan fingerprint density at radius 2 is 1.06 bits per heavy atom. The molecule has 0 unspecified atom stereocenters. The normalized spacial score (nSPS) is 13.3. The van der Waals surface area contributed by atoms with Gasteiger partial charge in [0.25, 0.3) is 0 Å². The molecule has 2 aliphatic carbocycles. The van der Waals surface area contributed by atoms with Crippen LogP contribution in [-0.2, 0) is 11.8 Å². The lowest BCUT2D eigenvalue weighted by Gasteiger charge is -2.31. The molecule has 0 aliphatic heterocycles. The maximum Gasteiger partial charge on any atom is 0.0725 e. The molecule has 0 aromatic heterocycles. The second kappa shape index (κ2) is 13.2. The fourth-order valence-corrected chi connectivity index (χ4v) is 8.70. The van der Waals surface area contributed by atoms with Crippen LogP contribution in [0.25, 0.3) is 33.4 Å². The van der Waals surface area contributed by atoms with E-state index in [0.717, 1.165) is 24.2 Å².